The average molecular weight is 500 g/mol. The number of ether oxygens (including phenoxy) is 1. The van der Waals surface area contributed by atoms with Gasteiger partial charge in [-0.15, -0.1) is 0 Å². The van der Waals surface area contributed by atoms with Gasteiger partial charge in [0.15, 0.2) is 12.4 Å². The number of rotatable bonds is 5. The van der Waals surface area contributed by atoms with Crippen molar-refractivity contribution < 1.29 is 13.7 Å². The lowest BCUT2D eigenvalue weighted by molar-refractivity contribution is -0.130. The molecule has 2 aromatic carbocycles. The maximum Gasteiger partial charge on any atom is 0.259 e. The summed E-state index contributed by atoms with van der Waals surface area (Å²) in [6, 6.07) is 15.9. The Bertz CT molecular complexity index is 1540. The highest BCUT2D eigenvalue weighted by atomic mass is 32.2. The molecular weight excluding hydrogens is 474 g/mol. The molecule has 9 heteroatoms. The molecule has 1 atom stereocenters. The van der Waals surface area contributed by atoms with E-state index in [1.807, 2.05) is 48.5 Å². The molecule has 4 aromatic rings. The fourth-order valence-corrected chi connectivity index (χ4v) is 5.90. The fourth-order valence-electron chi connectivity index (χ4n) is 4.64. The van der Waals surface area contributed by atoms with Crippen LogP contribution in [0.3, 0.4) is 0 Å². The summed E-state index contributed by atoms with van der Waals surface area (Å²) in [7, 11) is 2.41. The summed E-state index contributed by atoms with van der Waals surface area (Å²) in [5.41, 5.74) is 5.69. The number of benzene rings is 2. The van der Waals surface area contributed by atoms with Gasteiger partial charge < -0.3 is 14.5 Å². The first-order valence-corrected chi connectivity index (χ1v) is 13.3. The molecule has 0 fully saturated rings. The maximum atomic E-state index is 12.5. The van der Waals surface area contributed by atoms with Crippen LogP contribution in [0.4, 0.5) is 11.5 Å². The second-order valence-corrected chi connectivity index (χ2v) is 10.7. The van der Waals surface area contributed by atoms with Crippen molar-refractivity contribution in [1.82, 2.24) is 19.9 Å². The van der Waals surface area contributed by atoms with Gasteiger partial charge in [0.1, 0.15) is 11.6 Å². The molecule has 2 aliphatic rings. The quantitative estimate of drug-likeness (QED) is 0.414. The first kappa shape index (κ1) is 22.6. The van der Waals surface area contributed by atoms with E-state index in [1.165, 1.54) is 10.5 Å². The van der Waals surface area contributed by atoms with Crippen LogP contribution in [0.25, 0.3) is 22.3 Å². The Hall–Kier alpha value is -3.85. The molecule has 8 nitrogen and oxygen atoms in total. The van der Waals surface area contributed by atoms with E-state index in [9.17, 15) is 9.00 Å². The molecule has 0 saturated carbocycles. The number of carbonyl (C=O) groups is 1. The molecule has 4 heterocycles. The van der Waals surface area contributed by atoms with Gasteiger partial charge >= 0.3 is 0 Å². The Morgan fingerprint density at radius 3 is 2.83 bits per heavy atom. The minimum absolute atomic E-state index is 0.0210. The third-order valence-corrected chi connectivity index (χ3v) is 7.80. The summed E-state index contributed by atoms with van der Waals surface area (Å²) in [5.74, 6) is 2.77. The highest BCUT2D eigenvalue weighted by Crippen LogP contribution is 2.41. The van der Waals surface area contributed by atoms with Crippen LogP contribution in [0.15, 0.2) is 54.7 Å². The SMILES string of the molecule is CN(C)C(=O)COc1ccc2c(c1)N(c1nc(-c3cnc4ccccc4c3)nc3c1CS(=O)C3)CC2. The van der Waals surface area contributed by atoms with Crippen LogP contribution in [-0.2, 0) is 33.5 Å². The Labute approximate surface area is 211 Å². The predicted molar refractivity (Wildman–Crippen MR) is 140 cm³/mol. The molecule has 1 unspecified atom stereocenters. The normalized spacial score (nSPS) is 16.2. The van der Waals surface area contributed by atoms with E-state index in [1.54, 1.807) is 20.3 Å². The zero-order valence-corrected chi connectivity index (χ0v) is 20.9. The van der Waals surface area contributed by atoms with Gasteiger partial charge in [0.2, 0.25) is 0 Å². The lowest BCUT2D eigenvalue weighted by atomic mass is 10.1. The van der Waals surface area contributed by atoms with Crippen molar-refractivity contribution in [2.75, 3.05) is 32.1 Å². The number of carbonyl (C=O) groups excluding carboxylic acids is 1. The minimum Gasteiger partial charge on any atom is -0.484 e. The van der Waals surface area contributed by atoms with Gasteiger partial charge in [0.25, 0.3) is 5.91 Å². The van der Waals surface area contributed by atoms with Crippen LogP contribution in [0.2, 0.25) is 0 Å². The van der Waals surface area contributed by atoms with Crippen LogP contribution in [0, 0.1) is 0 Å². The summed E-state index contributed by atoms with van der Waals surface area (Å²) >= 11 is 0. The number of hydrogen-bond donors (Lipinski definition) is 0. The van der Waals surface area contributed by atoms with Crippen molar-refractivity contribution in [3.63, 3.8) is 0 Å². The van der Waals surface area contributed by atoms with Crippen molar-refractivity contribution in [3.05, 3.63) is 71.5 Å². The van der Waals surface area contributed by atoms with E-state index in [-0.39, 0.29) is 12.5 Å². The van der Waals surface area contributed by atoms with Gasteiger partial charge in [-0.1, -0.05) is 24.3 Å². The number of aromatic nitrogens is 3. The molecule has 0 aliphatic carbocycles. The highest BCUT2D eigenvalue weighted by Gasteiger charge is 2.31. The van der Waals surface area contributed by atoms with E-state index in [0.29, 0.717) is 23.1 Å². The Morgan fingerprint density at radius 1 is 1.11 bits per heavy atom. The van der Waals surface area contributed by atoms with Crippen molar-refractivity contribution in [1.29, 1.82) is 0 Å². The topological polar surface area (TPSA) is 88.5 Å². The van der Waals surface area contributed by atoms with Crippen molar-refractivity contribution >= 4 is 39.1 Å². The third kappa shape index (κ3) is 4.09. The second kappa shape index (κ2) is 8.98. The molecule has 0 spiro atoms. The first-order valence-electron chi connectivity index (χ1n) is 11.8. The van der Waals surface area contributed by atoms with Gasteiger partial charge in [0, 0.05) is 65.9 Å². The van der Waals surface area contributed by atoms with Crippen LogP contribution >= 0.6 is 0 Å². The molecule has 0 radical (unpaired) electrons. The summed E-state index contributed by atoms with van der Waals surface area (Å²) in [4.78, 5) is 30.1. The van der Waals surface area contributed by atoms with Gasteiger partial charge in [-0.25, -0.2) is 9.97 Å². The molecule has 6 rings (SSSR count). The van der Waals surface area contributed by atoms with E-state index in [0.717, 1.165) is 52.2 Å². The summed E-state index contributed by atoms with van der Waals surface area (Å²) < 4.78 is 18.3. The molecule has 0 bridgehead atoms. The molecule has 36 heavy (non-hydrogen) atoms. The van der Waals surface area contributed by atoms with Crippen LogP contribution < -0.4 is 9.64 Å². The lowest BCUT2D eigenvalue weighted by Crippen LogP contribution is -2.27. The number of likely N-dealkylation sites (N-methyl/N-ethyl adjacent to an activating group) is 1. The summed E-state index contributed by atoms with van der Waals surface area (Å²) in [6.07, 6.45) is 2.66. The predicted octanol–water partition coefficient (Wildman–Crippen LogP) is 3.62. The van der Waals surface area contributed by atoms with Crippen molar-refractivity contribution in [2.45, 2.75) is 17.9 Å². The zero-order chi connectivity index (χ0) is 24.8. The van der Waals surface area contributed by atoms with Crippen LogP contribution in [-0.4, -0.2) is 57.2 Å². The number of hydrogen-bond acceptors (Lipinski definition) is 7. The highest BCUT2D eigenvalue weighted by molar-refractivity contribution is 7.83. The Morgan fingerprint density at radius 2 is 1.97 bits per heavy atom. The maximum absolute atomic E-state index is 12.5. The number of amides is 1. The van der Waals surface area contributed by atoms with Gasteiger partial charge in [0.05, 0.1) is 22.7 Å². The molecule has 2 aliphatic heterocycles. The molecule has 1 amide bonds. The lowest BCUT2D eigenvalue weighted by Gasteiger charge is -2.22. The first-order chi connectivity index (χ1) is 17.5. The average Bonchev–Trinajstić information content (AvgIpc) is 3.48. The van der Waals surface area contributed by atoms with E-state index < -0.39 is 10.8 Å². The monoisotopic (exact) mass is 499 g/mol. The van der Waals surface area contributed by atoms with Gasteiger partial charge in [-0.05, 0) is 30.2 Å². The molecule has 182 valence electrons. The Kier molecular flexibility index (Phi) is 5.64. The summed E-state index contributed by atoms with van der Waals surface area (Å²) in [5, 5.41) is 1.02. The number of nitrogens with zero attached hydrogens (tertiary/aromatic N) is 5. The standard InChI is InChI=1S/C27H25N5O3S/c1-31(2)25(33)14-35-20-8-7-17-9-10-32(24(17)12-20)27-21-15-36(34)16-23(21)29-26(30-27)19-11-18-5-3-4-6-22(18)28-13-19/h3-8,11-13H,9-10,14-16H2,1-2H3. The van der Waals surface area contributed by atoms with E-state index >= 15 is 0 Å². The number of fused-ring (bicyclic) bond motifs is 3. The zero-order valence-electron chi connectivity index (χ0n) is 20.1. The Balaban J connectivity index is 1.40. The van der Waals surface area contributed by atoms with Crippen LogP contribution in [0.5, 0.6) is 5.75 Å². The minimum atomic E-state index is -1.00. The van der Waals surface area contributed by atoms with Crippen LogP contribution in [0.1, 0.15) is 16.8 Å². The third-order valence-electron chi connectivity index (χ3n) is 6.59. The second-order valence-electron chi connectivity index (χ2n) is 9.21. The summed E-state index contributed by atoms with van der Waals surface area (Å²) in [6.45, 7) is 0.730. The smallest absolute Gasteiger partial charge is 0.259 e. The van der Waals surface area contributed by atoms with E-state index in [4.69, 9.17) is 14.7 Å². The molecular formula is C27H25N5O3S. The molecule has 2 aromatic heterocycles. The molecule has 0 saturated heterocycles. The largest absolute Gasteiger partial charge is 0.484 e. The fraction of sp³-hybridized carbons (Fsp3) is 0.259. The number of para-hydroxylation sites is 1. The van der Waals surface area contributed by atoms with Crippen molar-refractivity contribution in [2.24, 2.45) is 0 Å². The number of pyridine rings is 1. The number of anilines is 2. The molecule has 0 N–H and O–H groups in total. The van der Waals surface area contributed by atoms with E-state index in [2.05, 4.69) is 9.88 Å². The van der Waals surface area contributed by atoms with Gasteiger partial charge in [-0.2, -0.15) is 0 Å². The van der Waals surface area contributed by atoms with Crippen molar-refractivity contribution in [3.8, 4) is 17.1 Å². The van der Waals surface area contributed by atoms with Gasteiger partial charge in [-0.3, -0.25) is 14.0 Å².